The summed E-state index contributed by atoms with van der Waals surface area (Å²) in [4.78, 5) is 35.6. The number of benzene rings is 1. The molecule has 2 aliphatic rings. The van der Waals surface area contributed by atoms with Gasteiger partial charge in [0.1, 0.15) is 6.33 Å². The van der Waals surface area contributed by atoms with Crippen LogP contribution in [-0.2, 0) is 16.0 Å². The van der Waals surface area contributed by atoms with Crippen LogP contribution in [0, 0.1) is 17.3 Å². The molecule has 6 nitrogen and oxygen atoms in total. The van der Waals surface area contributed by atoms with Gasteiger partial charge < -0.3 is 10.2 Å². The molecule has 1 aromatic heterocycles. The molecule has 0 spiro atoms. The number of carbonyl (C=O) groups is 2. The molecule has 1 aliphatic heterocycles. The third-order valence-corrected chi connectivity index (χ3v) is 6.53. The van der Waals surface area contributed by atoms with E-state index < -0.39 is 5.41 Å². The molecular formula is C23H28N4O2. The molecule has 0 radical (unpaired) electrons. The molecule has 0 unspecified atom stereocenters. The molecule has 2 aromatic rings. The molecule has 2 heterocycles. The Kier molecular flexibility index (Phi) is 5.35. The van der Waals surface area contributed by atoms with Gasteiger partial charge in [-0.3, -0.25) is 9.59 Å². The van der Waals surface area contributed by atoms with Gasteiger partial charge in [-0.2, -0.15) is 0 Å². The van der Waals surface area contributed by atoms with Crippen LogP contribution in [0.3, 0.4) is 0 Å². The Morgan fingerprint density at radius 1 is 1.17 bits per heavy atom. The van der Waals surface area contributed by atoms with E-state index >= 15 is 0 Å². The molecule has 0 bridgehead atoms. The SMILES string of the molecule is CNC(=O)C1(Cc2cccc(-c3cncnc3)c2)CCN(C(=O)[C@H]2C[C@@H]2C)CC1. The highest BCUT2D eigenvalue weighted by Crippen LogP contribution is 2.42. The number of piperidine rings is 1. The number of nitrogens with zero attached hydrogens (tertiary/aromatic N) is 3. The fourth-order valence-corrected chi connectivity index (χ4v) is 4.50. The molecular weight excluding hydrogens is 364 g/mol. The summed E-state index contributed by atoms with van der Waals surface area (Å²) >= 11 is 0. The first-order valence-electron chi connectivity index (χ1n) is 10.4. The highest BCUT2D eigenvalue weighted by molar-refractivity contribution is 5.84. The zero-order valence-corrected chi connectivity index (χ0v) is 17.1. The van der Waals surface area contributed by atoms with E-state index in [2.05, 4.69) is 34.3 Å². The average molecular weight is 393 g/mol. The molecule has 6 heteroatoms. The first kappa shape index (κ1) is 19.6. The largest absolute Gasteiger partial charge is 0.359 e. The van der Waals surface area contributed by atoms with E-state index in [9.17, 15) is 9.59 Å². The van der Waals surface area contributed by atoms with Crippen LogP contribution >= 0.6 is 0 Å². The molecule has 4 rings (SSSR count). The van der Waals surface area contributed by atoms with Crippen LogP contribution in [0.5, 0.6) is 0 Å². The molecule has 29 heavy (non-hydrogen) atoms. The lowest BCUT2D eigenvalue weighted by atomic mass is 9.72. The molecule has 2 atom stereocenters. The van der Waals surface area contributed by atoms with Crippen LogP contribution in [0.2, 0.25) is 0 Å². The van der Waals surface area contributed by atoms with Gasteiger partial charge in [0, 0.05) is 44.0 Å². The van der Waals surface area contributed by atoms with Crippen molar-refractivity contribution in [3.63, 3.8) is 0 Å². The summed E-state index contributed by atoms with van der Waals surface area (Å²) in [7, 11) is 1.70. The molecule has 2 fully saturated rings. The van der Waals surface area contributed by atoms with Gasteiger partial charge in [-0.15, -0.1) is 0 Å². The zero-order chi connectivity index (χ0) is 20.4. The highest BCUT2D eigenvalue weighted by Gasteiger charge is 2.46. The minimum absolute atomic E-state index is 0.0674. The number of hydrogen-bond donors (Lipinski definition) is 1. The standard InChI is InChI=1S/C23H28N4O2/c1-16-10-20(16)21(28)27-8-6-23(7-9-27,22(29)24-2)12-17-4-3-5-18(11-17)19-13-25-15-26-14-19/h3-5,11,13-16,20H,6-10,12H2,1-2H3,(H,24,29)/t16-,20-/m0/s1. The third-order valence-electron chi connectivity index (χ3n) is 6.53. The summed E-state index contributed by atoms with van der Waals surface area (Å²) in [6.45, 7) is 3.44. The summed E-state index contributed by atoms with van der Waals surface area (Å²) in [6.07, 6.45) is 8.16. The normalized spacial score (nSPS) is 22.8. The first-order valence-corrected chi connectivity index (χ1v) is 10.4. The maximum atomic E-state index is 12.9. The Bertz CT molecular complexity index is 891. The molecule has 2 amide bonds. The van der Waals surface area contributed by atoms with Crippen molar-refractivity contribution in [2.75, 3.05) is 20.1 Å². The molecule has 1 aromatic carbocycles. The zero-order valence-electron chi connectivity index (χ0n) is 17.1. The van der Waals surface area contributed by atoms with Crippen molar-refractivity contribution in [1.29, 1.82) is 0 Å². The number of rotatable bonds is 5. The Morgan fingerprint density at radius 3 is 2.48 bits per heavy atom. The van der Waals surface area contributed by atoms with Crippen molar-refractivity contribution < 1.29 is 9.59 Å². The first-order chi connectivity index (χ1) is 14.0. The number of aromatic nitrogens is 2. The molecule has 152 valence electrons. The summed E-state index contributed by atoms with van der Waals surface area (Å²) in [5.74, 6) is 1.05. The Hall–Kier alpha value is -2.76. The lowest BCUT2D eigenvalue weighted by molar-refractivity contribution is -0.141. The van der Waals surface area contributed by atoms with Crippen molar-refractivity contribution in [3.05, 3.63) is 48.5 Å². The highest BCUT2D eigenvalue weighted by atomic mass is 16.2. The summed E-state index contributed by atoms with van der Waals surface area (Å²) in [5, 5.41) is 2.87. The van der Waals surface area contributed by atoms with Crippen LogP contribution in [-0.4, -0.2) is 46.8 Å². The second-order valence-electron chi connectivity index (χ2n) is 8.51. The molecule has 1 aliphatic carbocycles. The second-order valence-corrected chi connectivity index (χ2v) is 8.51. The number of nitrogens with one attached hydrogen (secondary N) is 1. The van der Waals surface area contributed by atoms with Crippen LogP contribution in [0.4, 0.5) is 0 Å². The summed E-state index contributed by atoms with van der Waals surface area (Å²) < 4.78 is 0. The topological polar surface area (TPSA) is 75.2 Å². The van der Waals surface area contributed by atoms with Crippen LogP contribution in [0.1, 0.15) is 31.7 Å². The van der Waals surface area contributed by atoms with E-state index in [0.29, 0.717) is 38.3 Å². The number of amides is 2. The van der Waals surface area contributed by atoms with Crippen molar-refractivity contribution in [2.24, 2.45) is 17.3 Å². The Labute approximate surface area is 171 Å². The van der Waals surface area contributed by atoms with Gasteiger partial charge >= 0.3 is 0 Å². The second kappa shape index (κ2) is 7.93. The predicted molar refractivity (Wildman–Crippen MR) is 111 cm³/mol. The molecule has 1 N–H and O–H groups in total. The van der Waals surface area contributed by atoms with Crippen LogP contribution < -0.4 is 5.32 Å². The van der Waals surface area contributed by atoms with Crippen molar-refractivity contribution in [3.8, 4) is 11.1 Å². The summed E-state index contributed by atoms with van der Waals surface area (Å²) in [5.41, 5.74) is 2.64. The minimum Gasteiger partial charge on any atom is -0.359 e. The average Bonchev–Trinajstić information content (AvgIpc) is 3.50. The Morgan fingerprint density at radius 2 is 1.86 bits per heavy atom. The fraction of sp³-hybridized carbons (Fsp3) is 0.478. The van der Waals surface area contributed by atoms with Crippen molar-refractivity contribution in [2.45, 2.75) is 32.6 Å². The predicted octanol–water partition coefficient (Wildman–Crippen LogP) is 2.70. The van der Waals surface area contributed by atoms with Gasteiger partial charge in [0.25, 0.3) is 0 Å². The lowest BCUT2D eigenvalue weighted by Crippen LogP contribution is -2.51. The van der Waals surface area contributed by atoms with E-state index in [0.717, 1.165) is 23.1 Å². The van der Waals surface area contributed by atoms with Gasteiger partial charge in [0.15, 0.2) is 0 Å². The van der Waals surface area contributed by atoms with E-state index in [1.165, 1.54) is 6.33 Å². The van der Waals surface area contributed by atoms with Crippen molar-refractivity contribution in [1.82, 2.24) is 20.2 Å². The van der Waals surface area contributed by atoms with Gasteiger partial charge in [0.05, 0.1) is 5.41 Å². The van der Waals surface area contributed by atoms with E-state index in [-0.39, 0.29) is 17.7 Å². The lowest BCUT2D eigenvalue weighted by Gasteiger charge is -2.40. The minimum atomic E-state index is -0.480. The molecule has 1 saturated heterocycles. The van der Waals surface area contributed by atoms with Crippen LogP contribution in [0.25, 0.3) is 11.1 Å². The van der Waals surface area contributed by atoms with Gasteiger partial charge in [-0.25, -0.2) is 9.97 Å². The maximum Gasteiger partial charge on any atom is 0.226 e. The van der Waals surface area contributed by atoms with Crippen LogP contribution in [0.15, 0.2) is 43.0 Å². The number of hydrogen-bond acceptors (Lipinski definition) is 4. The summed E-state index contributed by atoms with van der Waals surface area (Å²) in [6, 6.07) is 8.24. The monoisotopic (exact) mass is 392 g/mol. The van der Waals surface area contributed by atoms with Gasteiger partial charge in [-0.1, -0.05) is 31.2 Å². The van der Waals surface area contributed by atoms with E-state index in [1.54, 1.807) is 19.4 Å². The quantitative estimate of drug-likeness (QED) is 0.849. The van der Waals surface area contributed by atoms with Gasteiger partial charge in [-0.05, 0) is 42.7 Å². The van der Waals surface area contributed by atoms with E-state index in [1.807, 2.05) is 17.0 Å². The van der Waals surface area contributed by atoms with Gasteiger partial charge in [0.2, 0.25) is 11.8 Å². The molecule has 1 saturated carbocycles. The Balaban J connectivity index is 1.51. The fourth-order valence-electron chi connectivity index (χ4n) is 4.50. The van der Waals surface area contributed by atoms with E-state index in [4.69, 9.17) is 0 Å². The number of likely N-dealkylation sites (tertiary alicyclic amines) is 1. The smallest absolute Gasteiger partial charge is 0.226 e. The maximum absolute atomic E-state index is 12.9. The third kappa shape index (κ3) is 4.02. The van der Waals surface area contributed by atoms with Crippen molar-refractivity contribution >= 4 is 11.8 Å². The number of carbonyl (C=O) groups excluding carboxylic acids is 2.